The SMILES string of the molecule is N#Cc1ccc(N2CCC(C3=NCC(N)=C3)CC2)cn1. The maximum atomic E-state index is 8.76. The highest BCUT2D eigenvalue weighted by atomic mass is 15.1. The molecule has 0 amide bonds. The third-order valence-corrected chi connectivity index (χ3v) is 3.92. The molecule has 0 bridgehead atoms. The highest BCUT2D eigenvalue weighted by Gasteiger charge is 2.24. The summed E-state index contributed by atoms with van der Waals surface area (Å²) in [5, 5.41) is 8.76. The molecule has 2 N–H and O–H groups in total. The summed E-state index contributed by atoms with van der Waals surface area (Å²) in [5.41, 5.74) is 9.37. The fraction of sp³-hybridized carbons (Fsp3) is 0.400. The van der Waals surface area contributed by atoms with Crippen LogP contribution in [0.1, 0.15) is 18.5 Å². The van der Waals surface area contributed by atoms with Crippen molar-refractivity contribution in [1.82, 2.24) is 4.98 Å². The summed E-state index contributed by atoms with van der Waals surface area (Å²) in [6.45, 7) is 2.64. The van der Waals surface area contributed by atoms with E-state index in [1.807, 2.05) is 18.2 Å². The third-order valence-electron chi connectivity index (χ3n) is 3.92. The Labute approximate surface area is 118 Å². The minimum atomic E-state index is 0.463. The number of aromatic nitrogens is 1. The van der Waals surface area contributed by atoms with Gasteiger partial charge >= 0.3 is 0 Å². The fourth-order valence-corrected chi connectivity index (χ4v) is 2.78. The molecule has 1 aromatic rings. The summed E-state index contributed by atoms with van der Waals surface area (Å²) in [4.78, 5) is 10.9. The van der Waals surface area contributed by atoms with Crippen molar-refractivity contribution >= 4 is 11.4 Å². The summed E-state index contributed by atoms with van der Waals surface area (Å²) in [7, 11) is 0. The Hall–Kier alpha value is -2.35. The average molecular weight is 267 g/mol. The lowest BCUT2D eigenvalue weighted by Crippen LogP contribution is -2.35. The molecule has 20 heavy (non-hydrogen) atoms. The number of rotatable bonds is 2. The molecular weight excluding hydrogens is 250 g/mol. The van der Waals surface area contributed by atoms with Gasteiger partial charge in [0, 0.05) is 30.4 Å². The van der Waals surface area contributed by atoms with Crippen molar-refractivity contribution in [3.05, 3.63) is 35.8 Å². The topological polar surface area (TPSA) is 78.3 Å². The van der Waals surface area contributed by atoms with Crippen molar-refractivity contribution in [2.75, 3.05) is 24.5 Å². The standard InChI is InChI=1S/C15H17N5/c16-8-13-1-2-14(10-18-13)20-5-3-11(4-6-20)15-7-12(17)9-19-15/h1-2,7,10-11H,3-6,9,17H2. The van der Waals surface area contributed by atoms with Gasteiger partial charge in [0.1, 0.15) is 11.8 Å². The van der Waals surface area contributed by atoms with Crippen LogP contribution in [0.4, 0.5) is 5.69 Å². The lowest BCUT2D eigenvalue weighted by molar-refractivity contribution is 0.503. The van der Waals surface area contributed by atoms with Crippen LogP contribution in [0.25, 0.3) is 0 Å². The molecule has 0 aliphatic carbocycles. The molecule has 0 saturated carbocycles. The lowest BCUT2D eigenvalue weighted by atomic mass is 9.91. The van der Waals surface area contributed by atoms with Crippen molar-refractivity contribution < 1.29 is 0 Å². The van der Waals surface area contributed by atoms with E-state index < -0.39 is 0 Å². The molecule has 102 valence electrons. The van der Waals surface area contributed by atoms with Crippen molar-refractivity contribution in [1.29, 1.82) is 5.26 Å². The van der Waals surface area contributed by atoms with E-state index in [1.165, 1.54) is 5.71 Å². The Balaban J connectivity index is 1.62. The molecule has 1 fully saturated rings. The predicted octanol–water partition coefficient (Wildman–Crippen LogP) is 1.47. The molecule has 0 spiro atoms. The van der Waals surface area contributed by atoms with Crippen LogP contribution < -0.4 is 10.6 Å². The quantitative estimate of drug-likeness (QED) is 0.880. The molecule has 0 atom stereocenters. The van der Waals surface area contributed by atoms with Gasteiger partial charge < -0.3 is 10.6 Å². The monoisotopic (exact) mass is 267 g/mol. The van der Waals surface area contributed by atoms with Crippen molar-refractivity contribution in [3.63, 3.8) is 0 Å². The Morgan fingerprint density at radius 3 is 2.65 bits per heavy atom. The zero-order valence-electron chi connectivity index (χ0n) is 11.3. The van der Waals surface area contributed by atoms with E-state index in [1.54, 1.807) is 12.3 Å². The summed E-state index contributed by atoms with van der Waals surface area (Å²) < 4.78 is 0. The Bertz CT molecular complexity index is 586. The Kier molecular flexibility index (Phi) is 3.38. The Morgan fingerprint density at radius 2 is 2.10 bits per heavy atom. The first-order chi connectivity index (χ1) is 9.76. The van der Waals surface area contributed by atoms with E-state index in [9.17, 15) is 0 Å². The van der Waals surface area contributed by atoms with E-state index in [4.69, 9.17) is 11.0 Å². The molecule has 5 heteroatoms. The van der Waals surface area contributed by atoms with E-state index in [0.717, 1.165) is 37.3 Å². The van der Waals surface area contributed by atoms with E-state index in [-0.39, 0.29) is 0 Å². The number of nitrogens with two attached hydrogens (primary N) is 1. The Morgan fingerprint density at radius 1 is 1.30 bits per heavy atom. The van der Waals surface area contributed by atoms with Gasteiger partial charge in [0.05, 0.1) is 18.4 Å². The first-order valence-corrected chi connectivity index (χ1v) is 6.88. The average Bonchev–Trinajstić information content (AvgIpc) is 2.94. The largest absolute Gasteiger partial charge is 0.400 e. The van der Waals surface area contributed by atoms with Crippen LogP contribution in [0.5, 0.6) is 0 Å². The second-order valence-corrected chi connectivity index (χ2v) is 5.24. The normalized spacial score (nSPS) is 19.4. The van der Waals surface area contributed by atoms with Crippen LogP contribution in [0.15, 0.2) is 35.1 Å². The van der Waals surface area contributed by atoms with Crippen LogP contribution in [0, 0.1) is 17.2 Å². The molecule has 1 aromatic heterocycles. The van der Waals surface area contributed by atoms with Crippen LogP contribution in [-0.4, -0.2) is 30.3 Å². The maximum Gasteiger partial charge on any atom is 0.140 e. The number of aliphatic imine (C=N–C) groups is 1. The predicted molar refractivity (Wildman–Crippen MR) is 78.5 cm³/mol. The summed E-state index contributed by atoms with van der Waals surface area (Å²) in [5.74, 6) is 0.527. The highest BCUT2D eigenvalue weighted by Crippen LogP contribution is 2.25. The van der Waals surface area contributed by atoms with Gasteiger partial charge in [-0.15, -0.1) is 0 Å². The second-order valence-electron chi connectivity index (χ2n) is 5.24. The number of hydrogen-bond donors (Lipinski definition) is 1. The summed E-state index contributed by atoms with van der Waals surface area (Å²) in [6, 6.07) is 5.78. The minimum Gasteiger partial charge on any atom is -0.400 e. The second kappa shape index (κ2) is 5.33. The molecular formula is C15H17N5. The number of hydrogen-bond acceptors (Lipinski definition) is 5. The molecule has 3 rings (SSSR count). The van der Waals surface area contributed by atoms with Crippen LogP contribution in [0.3, 0.4) is 0 Å². The molecule has 0 unspecified atom stereocenters. The van der Waals surface area contributed by atoms with Gasteiger partial charge in [-0.05, 0) is 31.1 Å². The molecule has 1 saturated heterocycles. The van der Waals surface area contributed by atoms with Crippen LogP contribution in [0.2, 0.25) is 0 Å². The molecule has 2 aliphatic rings. The summed E-state index contributed by atoms with van der Waals surface area (Å²) in [6.07, 6.45) is 5.98. The van der Waals surface area contributed by atoms with Crippen LogP contribution in [-0.2, 0) is 0 Å². The van der Waals surface area contributed by atoms with Crippen molar-refractivity contribution in [3.8, 4) is 6.07 Å². The zero-order valence-corrected chi connectivity index (χ0v) is 11.3. The molecule has 5 nitrogen and oxygen atoms in total. The van der Waals surface area contributed by atoms with Gasteiger partial charge in [-0.3, -0.25) is 4.99 Å². The maximum absolute atomic E-state index is 8.76. The fourth-order valence-electron chi connectivity index (χ4n) is 2.78. The van der Waals surface area contributed by atoms with E-state index >= 15 is 0 Å². The number of piperidine rings is 1. The molecule has 3 heterocycles. The first-order valence-electron chi connectivity index (χ1n) is 6.88. The van der Waals surface area contributed by atoms with E-state index in [0.29, 0.717) is 18.2 Å². The van der Waals surface area contributed by atoms with Gasteiger partial charge in [-0.25, -0.2) is 4.98 Å². The number of nitrogens with zero attached hydrogens (tertiary/aromatic N) is 4. The van der Waals surface area contributed by atoms with Gasteiger partial charge in [0.25, 0.3) is 0 Å². The zero-order chi connectivity index (χ0) is 13.9. The van der Waals surface area contributed by atoms with Crippen LogP contribution >= 0.6 is 0 Å². The highest BCUT2D eigenvalue weighted by molar-refractivity contribution is 5.99. The van der Waals surface area contributed by atoms with Crippen molar-refractivity contribution in [2.45, 2.75) is 12.8 Å². The van der Waals surface area contributed by atoms with Gasteiger partial charge in [0.15, 0.2) is 0 Å². The number of nitriles is 1. The third kappa shape index (κ3) is 2.50. The number of anilines is 1. The van der Waals surface area contributed by atoms with Crippen molar-refractivity contribution in [2.24, 2.45) is 16.6 Å². The molecule has 2 aliphatic heterocycles. The smallest absolute Gasteiger partial charge is 0.140 e. The van der Waals surface area contributed by atoms with Gasteiger partial charge in [-0.1, -0.05) is 0 Å². The number of pyridine rings is 1. The lowest BCUT2D eigenvalue weighted by Gasteiger charge is -2.33. The summed E-state index contributed by atoms with van der Waals surface area (Å²) >= 11 is 0. The van der Waals surface area contributed by atoms with Gasteiger partial charge in [-0.2, -0.15) is 5.26 Å². The molecule has 0 aromatic carbocycles. The van der Waals surface area contributed by atoms with E-state index in [2.05, 4.69) is 14.9 Å². The molecule has 0 radical (unpaired) electrons. The number of allylic oxidation sites excluding steroid dienone is 1. The van der Waals surface area contributed by atoms with Gasteiger partial charge in [0.2, 0.25) is 0 Å². The minimum absolute atomic E-state index is 0.463. The first kappa shape index (κ1) is 12.7.